The Morgan fingerprint density at radius 3 is 2.27 bits per heavy atom. The van der Waals surface area contributed by atoms with Crippen LogP contribution in [-0.2, 0) is 16.4 Å². The quantitative estimate of drug-likeness (QED) is 0.243. The van der Waals surface area contributed by atoms with Gasteiger partial charge in [-0.1, -0.05) is 48.5 Å². The molecular weight excluding hydrogens is 641 g/mol. The largest absolute Gasteiger partial charge is 0.404 e. The van der Waals surface area contributed by atoms with Crippen molar-refractivity contribution >= 4 is 50.5 Å². The molecule has 1 aliphatic carbocycles. The summed E-state index contributed by atoms with van der Waals surface area (Å²) < 4.78 is 103. The Balaban J connectivity index is 1.90. The maximum Gasteiger partial charge on any atom is 0.404 e. The third kappa shape index (κ3) is 8.92. The van der Waals surface area contributed by atoms with Gasteiger partial charge in [-0.2, -0.15) is 31.1 Å². The number of carbonyl (C=O) groups excluding carboxylic acids is 1. The maximum absolute atomic E-state index is 12.9. The van der Waals surface area contributed by atoms with Crippen LogP contribution >= 0.6 is 34.5 Å². The summed E-state index contributed by atoms with van der Waals surface area (Å²) in [7, 11) is -4.70. The van der Waals surface area contributed by atoms with Crippen molar-refractivity contribution in [2.24, 2.45) is 5.92 Å². The Kier molecular flexibility index (Phi) is 10.3. The van der Waals surface area contributed by atoms with Crippen LogP contribution in [0.15, 0.2) is 17.0 Å². The van der Waals surface area contributed by atoms with Crippen LogP contribution in [0.3, 0.4) is 0 Å². The van der Waals surface area contributed by atoms with E-state index in [4.69, 9.17) is 23.2 Å². The molecule has 0 radical (unpaired) electrons. The highest BCUT2D eigenvalue weighted by atomic mass is 35.5. The van der Waals surface area contributed by atoms with Gasteiger partial charge in [-0.25, -0.2) is 13.4 Å². The summed E-state index contributed by atoms with van der Waals surface area (Å²) in [6, 6.07) is -0.0755. The van der Waals surface area contributed by atoms with Crippen molar-refractivity contribution in [2.45, 2.75) is 75.3 Å². The number of amides is 1. The third-order valence-corrected chi connectivity index (χ3v) is 10.2. The fraction of sp³-hybridized carbons (Fsp3) is 0.583. The number of alkyl halides is 6. The molecule has 1 aliphatic rings. The third-order valence-electron chi connectivity index (χ3n) is 6.46. The summed E-state index contributed by atoms with van der Waals surface area (Å²) in [6.45, 7) is 2.26. The molecular formula is C24H28Cl2F6N4O3S2. The van der Waals surface area contributed by atoms with E-state index in [0.29, 0.717) is 29.8 Å². The highest BCUT2D eigenvalue weighted by Crippen LogP contribution is 2.43. The number of halogens is 8. The van der Waals surface area contributed by atoms with E-state index in [0.717, 1.165) is 36.7 Å². The van der Waals surface area contributed by atoms with E-state index in [1.54, 1.807) is 0 Å². The predicted molar refractivity (Wildman–Crippen MR) is 145 cm³/mol. The van der Waals surface area contributed by atoms with Crippen LogP contribution in [0.5, 0.6) is 0 Å². The molecule has 0 unspecified atom stereocenters. The molecule has 1 fully saturated rings. The Morgan fingerprint density at radius 2 is 1.73 bits per heavy atom. The Morgan fingerprint density at radius 1 is 1.10 bits per heavy atom. The summed E-state index contributed by atoms with van der Waals surface area (Å²) in [5, 5.41) is 4.16. The SMILES string of the molecule is C[C@H](NS(=O)(=O)c1ccc(-c2sc(C(=O)NCC(C)(C)NCC(F)(F)F)nc2CC2CCC2)c(Cl)c1Cl)C(F)(F)F. The number of benzene rings is 1. The average molecular weight is 670 g/mol. The second kappa shape index (κ2) is 12.5. The molecule has 1 aromatic carbocycles. The molecule has 3 rings (SSSR count). The lowest BCUT2D eigenvalue weighted by Gasteiger charge is -2.27. The molecule has 1 aromatic heterocycles. The van der Waals surface area contributed by atoms with Crippen molar-refractivity contribution in [3.8, 4) is 10.4 Å². The van der Waals surface area contributed by atoms with Gasteiger partial charge in [-0.3, -0.25) is 4.79 Å². The molecule has 2 aromatic rings. The first-order valence-corrected chi connectivity index (χ1v) is 15.4. The van der Waals surface area contributed by atoms with Gasteiger partial charge in [0.15, 0.2) is 5.01 Å². The summed E-state index contributed by atoms with van der Waals surface area (Å²) in [4.78, 5) is 17.1. The van der Waals surface area contributed by atoms with Gasteiger partial charge in [-0.05, 0) is 39.2 Å². The molecule has 1 amide bonds. The van der Waals surface area contributed by atoms with Gasteiger partial charge in [0.1, 0.15) is 10.9 Å². The maximum atomic E-state index is 12.9. The zero-order chi connectivity index (χ0) is 31.0. The number of sulfonamides is 1. The molecule has 1 atom stereocenters. The predicted octanol–water partition coefficient (Wildman–Crippen LogP) is 6.35. The van der Waals surface area contributed by atoms with Gasteiger partial charge in [0.2, 0.25) is 10.0 Å². The summed E-state index contributed by atoms with van der Waals surface area (Å²) in [6.07, 6.45) is -5.87. The smallest absolute Gasteiger partial charge is 0.348 e. The van der Waals surface area contributed by atoms with Crippen molar-refractivity contribution in [2.75, 3.05) is 13.1 Å². The number of carbonyl (C=O) groups is 1. The van der Waals surface area contributed by atoms with Gasteiger partial charge in [0.25, 0.3) is 5.91 Å². The van der Waals surface area contributed by atoms with Crippen LogP contribution in [0, 0.1) is 5.92 Å². The van der Waals surface area contributed by atoms with E-state index in [-0.39, 0.29) is 22.1 Å². The number of nitrogens with zero attached hydrogens (tertiary/aromatic N) is 1. The standard InChI is InChI=1S/C24H28Cl2F6N4O3S2/c1-12(24(30,31)32)36-41(38,39)16-8-7-14(17(25)18(16)26)19-15(9-13-5-4-6-13)35-21(40-19)20(37)33-10-22(2,3)34-11-23(27,28)29/h7-8,12-13,34,36H,4-6,9-11H2,1-3H3,(H,33,37)/t12-/m0/s1. The minimum atomic E-state index is -4.83. The molecule has 0 bridgehead atoms. The summed E-state index contributed by atoms with van der Waals surface area (Å²) in [5.74, 6) is -0.344. The lowest BCUT2D eigenvalue weighted by atomic mass is 9.82. The van der Waals surface area contributed by atoms with Gasteiger partial charge in [0.05, 0.1) is 27.2 Å². The van der Waals surface area contributed by atoms with Gasteiger partial charge < -0.3 is 10.6 Å². The molecule has 0 aliphatic heterocycles. The van der Waals surface area contributed by atoms with Gasteiger partial charge >= 0.3 is 12.4 Å². The summed E-state index contributed by atoms with van der Waals surface area (Å²) >= 11 is 13.6. The number of hydrogen-bond donors (Lipinski definition) is 3. The van der Waals surface area contributed by atoms with Crippen molar-refractivity contribution in [3.63, 3.8) is 0 Å². The lowest BCUT2D eigenvalue weighted by molar-refractivity contribution is -0.147. The first-order chi connectivity index (χ1) is 18.7. The van der Waals surface area contributed by atoms with Crippen LogP contribution in [0.25, 0.3) is 10.4 Å². The first-order valence-electron chi connectivity index (χ1n) is 12.4. The average Bonchev–Trinajstić information content (AvgIpc) is 3.23. The number of nitrogens with one attached hydrogen (secondary N) is 3. The zero-order valence-electron chi connectivity index (χ0n) is 22.1. The normalized spacial score (nSPS) is 16.0. The van der Waals surface area contributed by atoms with Crippen LogP contribution < -0.4 is 15.4 Å². The van der Waals surface area contributed by atoms with Crippen molar-refractivity contribution < 1.29 is 39.6 Å². The molecule has 17 heteroatoms. The molecule has 7 nitrogen and oxygen atoms in total. The van der Waals surface area contributed by atoms with Crippen LogP contribution in [0.1, 0.15) is 55.5 Å². The van der Waals surface area contributed by atoms with E-state index in [1.165, 1.54) is 24.6 Å². The van der Waals surface area contributed by atoms with Gasteiger partial charge in [0, 0.05) is 17.6 Å². The van der Waals surface area contributed by atoms with Gasteiger partial charge in [-0.15, -0.1) is 11.3 Å². The lowest BCUT2D eigenvalue weighted by Crippen LogP contribution is -2.51. The van der Waals surface area contributed by atoms with Crippen molar-refractivity contribution in [3.05, 3.63) is 32.9 Å². The minimum Gasteiger partial charge on any atom is -0.348 e. The Hall–Kier alpha value is -1.65. The topological polar surface area (TPSA) is 100 Å². The number of aromatic nitrogens is 1. The fourth-order valence-corrected chi connectivity index (χ4v) is 7.02. The Bertz CT molecular complexity index is 1380. The molecule has 41 heavy (non-hydrogen) atoms. The van der Waals surface area contributed by atoms with E-state index >= 15 is 0 Å². The molecule has 0 saturated heterocycles. The molecule has 3 N–H and O–H groups in total. The molecule has 1 saturated carbocycles. The second-order valence-corrected chi connectivity index (χ2v) is 13.9. The van der Waals surface area contributed by atoms with Crippen LogP contribution in [-0.4, -0.2) is 56.3 Å². The highest BCUT2D eigenvalue weighted by molar-refractivity contribution is 7.89. The number of rotatable bonds is 11. The first kappa shape index (κ1) is 33.8. The fourth-order valence-electron chi connectivity index (χ4n) is 3.82. The van der Waals surface area contributed by atoms with Crippen molar-refractivity contribution in [1.29, 1.82) is 0 Å². The van der Waals surface area contributed by atoms with Crippen LogP contribution in [0.2, 0.25) is 10.0 Å². The van der Waals surface area contributed by atoms with Crippen LogP contribution in [0.4, 0.5) is 26.3 Å². The van der Waals surface area contributed by atoms with Crippen molar-refractivity contribution in [1.82, 2.24) is 20.3 Å². The van der Waals surface area contributed by atoms with E-state index in [2.05, 4.69) is 15.6 Å². The summed E-state index contributed by atoms with van der Waals surface area (Å²) in [5.41, 5.74) is -0.357. The molecule has 1 heterocycles. The monoisotopic (exact) mass is 668 g/mol. The van der Waals surface area contributed by atoms with E-state index < -0.39 is 56.3 Å². The zero-order valence-corrected chi connectivity index (χ0v) is 25.2. The highest BCUT2D eigenvalue weighted by Gasteiger charge is 2.39. The van der Waals surface area contributed by atoms with E-state index in [9.17, 15) is 39.6 Å². The van der Waals surface area contributed by atoms with E-state index in [1.807, 2.05) is 0 Å². The molecule has 0 spiro atoms. The minimum absolute atomic E-state index is 0.00509. The Labute approximate surface area is 247 Å². The second-order valence-electron chi connectivity index (χ2n) is 10.5. The number of thiazole rings is 1. The number of hydrogen-bond acceptors (Lipinski definition) is 6. The molecule has 230 valence electrons.